The van der Waals surface area contributed by atoms with Gasteiger partial charge in [0.25, 0.3) is 0 Å². The van der Waals surface area contributed by atoms with Crippen LogP contribution in [0.4, 0.5) is 0 Å². The molecule has 0 unspecified atom stereocenters. The molecule has 2 aromatic heterocycles. The van der Waals surface area contributed by atoms with Crippen molar-refractivity contribution in [2.45, 2.75) is 55.4 Å². The molecule has 0 spiro atoms. The molecule has 6 rings (SSSR count). The molecule has 2 atom stereocenters. The Kier molecular flexibility index (Phi) is 5.21. The summed E-state index contributed by atoms with van der Waals surface area (Å²) in [6.45, 7) is 18.9. The highest BCUT2D eigenvalue weighted by atomic mass is 14.6. The Bertz CT molecular complexity index is 1560. The lowest BCUT2D eigenvalue weighted by atomic mass is 9.43. The van der Waals surface area contributed by atoms with Crippen molar-refractivity contribution in [3.63, 3.8) is 0 Å². The second kappa shape index (κ2) is 7.99. The Balaban J connectivity index is 1.77. The van der Waals surface area contributed by atoms with Gasteiger partial charge in [0, 0.05) is 35.6 Å². The fourth-order valence-electron chi connectivity index (χ4n) is 6.67. The van der Waals surface area contributed by atoms with Crippen LogP contribution in [-0.4, -0.2) is 9.97 Å². The maximum absolute atomic E-state index is 4.33. The van der Waals surface area contributed by atoms with Gasteiger partial charge in [-0.25, -0.2) is 0 Å². The summed E-state index contributed by atoms with van der Waals surface area (Å²) >= 11 is 0. The fourth-order valence-corrected chi connectivity index (χ4v) is 6.67. The van der Waals surface area contributed by atoms with Crippen LogP contribution in [0, 0.1) is 21.7 Å². The molecule has 192 valence electrons. The summed E-state index contributed by atoms with van der Waals surface area (Å²) in [7, 11) is 0. The van der Waals surface area contributed by atoms with Crippen LogP contribution in [0.3, 0.4) is 0 Å². The minimum atomic E-state index is -0.216. The first-order chi connectivity index (χ1) is 17.8. The summed E-state index contributed by atoms with van der Waals surface area (Å²) in [6.07, 6.45) is 22.5. The van der Waals surface area contributed by atoms with Gasteiger partial charge in [0.2, 0.25) is 0 Å². The largest absolute Gasteiger partial charge is 0.265 e. The molecule has 0 saturated heterocycles. The molecule has 0 radical (unpaired) electrons. The first kappa shape index (κ1) is 24.8. The maximum Gasteiger partial charge on any atom is 0.0316 e. The average molecular weight is 499 g/mol. The third kappa shape index (κ3) is 3.39. The number of nitrogens with zero attached hydrogens (tertiary/aromatic N) is 2. The zero-order valence-electron chi connectivity index (χ0n) is 24.0. The predicted molar refractivity (Wildman–Crippen MR) is 159 cm³/mol. The second-order valence-electron chi connectivity index (χ2n) is 13.6. The van der Waals surface area contributed by atoms with Gasteiger partial charge in [0.1, 0.15) is 0 Å². The third-order valence-corrected chi connectivity index (χ3v) is 9.35. The van der Waals surface area contributed by atoms with Gasteiger partial charge < -0.3 is 0 Å². The van der Waals surface area contributed by atoms with Gasteiger partial charge in [-0.2, -0.15) is 0 Å². The molecule has 4 aliphatic carbocycles. The quantitative estimate of drug-likeness (QED) is 0.412. The van der Waals surface area contributed by atoms with E-state index in [0.29, 0.717) is 0 Å². The molecular weight excluding hydrogens is 460 g/mol. The van der Waals surface area contributed by atoms with Crippen LogP contribution in [0.1, 0.15) is 66.5 Å². The van der Waals surface area contributed by atoms with Gasteiger partial charge in [-0.3, -0.25) is 9.97 Å². The first-order valence-corrected chi connectivity index (χ1v) is 13.7. The second-order valence-corrected chi connectivity index (χ2v) is 13.6. The zero-order valence-corrected chi connectivity index (χ0v) is 24.0. The van der Waals surface area contributed by atoms with E-state index in [0.717, 1.165) is 0 Å². The smallest absolute Gasteiger partial charge is 0.0316 e. The summed E-state index contributed by atoms with van der Waals surface area (Å²) in [6, 6.07) is 8.62. The van der Waals surface area contributed by atoms with Crippen LogP contribution >= 0.6 is 0 Å². The highest BCUT2D eigenvalue weighted by molar-refractivity contribution is 5.94. The van der Waals surface area contributed by atoms with Crippen LogP contribution < -0.4 is 0 Å². The Hall–Kier alpha value is -3.52. The minimum absolute atomic E-state index is 0.0300. The number of aromatic nitrogens is 2. The molecule has 0 aromatic carbocycles. The first-order valence-electron chi connectivity index (χ1n) is 13.7. The van der Waals surface area contributed by atoms with Gasteiger partial charge in [-0.15, -0.1) is 0 Å². The molecule has 2 aromatic rings. The molecule has 0 amide bonds. The van der Waals surface area contributed by atoms with E-state index < -0.39 is 0 Å². The van der Waals surface area contributed by atoms with E-state index in [2.05, 4.69) is 126 Å². The molecule has 2 heterocycles. The highest BCUT2D eigenvalue weighted by Gasteiger charge is 2.59. The molecule has 4 aliphatic rings. The van der Waals surface area contributed by atoms with E-state index in [4.69, 9.17) is 0 Å². The molecule has 2 nitrogen and oxygen atoms in total. The van der Waals surface area contributed by atoms with E-state index >= 15 is 0 Å². The molecule has 2 heteroatoms. The van der Waals surface area contributed by atoms with Crippen LogP contribution in [0.5, 0.6) is 0 Å². The number of hydrogen-bond acceptors (Lipinski definition) is 2. The van der Waals surface area contributed by atoms with Crippen molar-refractivity contribution in [3.8, 4) is 0 Å². The lowest BCUT2D eigenvalue weighted by molar-refractivity contribution is 0.249. The van der Waals surface area contributed by atoms with Crippen LogP contribution in [0.25, 0.3) is 11.1 Å². The van der Waals surface area contributed by atoms with Crippen molar-refractivity contribution in [3.05, 3.63) is 130 Å². The molecular formula is C36H38N2. The average Bonchev–Trinajstić information content (AvgIpc) is 2.86. The Morgan fingerprint density at radius 1 is 0.553 bits per heavy atom. The van der Waals surface area contributed by atoms with Gasteiger partial charge in [0.15, 0.2) is 0 Å². The Morgan fingerprint density at radius 3 is 1.66 bits per heavy atom. The normalized spacial score (nSPS) is 26.4. The monoisotopic (exact) mass is 498 g/mol. The number of hydrogen-bond donors (Lipinski definition) is 0. The highest BCUT2D eigenvalue weighted by Crippen LogP contribution is 2.70. The summed E-state index contributed by atoms with van der Waals surface area (Å²) in [5, 5.41) is 0. The van der Waals surface area contributed by atoms with Crippen LogP contribution in [0.15, 0.2) is 119 Å². The molecule has 0 fully saturated rings. The zero-order chi connectivity index (χ0) is 27.1. The van der Waals surface area contributed by atoms with E-state index in [1.165, 1.54) is 55.7 Å². The third-order valence-electron chi connectivity index (χ3n) is 9.35. The molecule has 0 saturated carbocycles. The van der Waals surface area contributed by atoms with Crippen molar-refractivity contribution in [1.82, 2.24) is 9.97 Å². The van der Waals surface area contributed by atoms with E-state index in [1.54, 1.807) is 0 Å². The van der Waals surface area contributed by atoms with E-state index in [1.807, 2.05) is 24.8 Å². The molecule has 0 aliphatic heterocycles. The molecule has 0 bridgehead atoms. The Morgan fingerprint density at radius 2 is 1.08 bits per heavy atom. The standard InChI is InChI=1S/C36H38N2/c1-33(2,3)25-17-27-19-30(24-11-15-38-16-12-24)32-22-26(34(4,5)6)18-28-20-29(23-9-13-37-14-10-23)31(21-25)35(27,7)36(28,32)8/h9-22H,1-8H3/t35-,36+. The lowest BCUT2D eigenvalue weighted by Crippen LogP contribution is -2.49. The van der Waals surface area contributed by atoms with Gasteiger partial charge in [-0.05, 0) is 103 Å². The number of allylic oxidation sites excluding steroid dienone is 14. The fraction of sp³-hybridized carbons (Fsp3) is 0.333. The van der Waals surface area contributed by atoms with Crippen molar-refractivity contribution in [2.24, 2.45) is 21.7 Å². The molecule has 38 heavy (non-hydrogen) atoms. The SMILES string of the molecule is CC(C)(C)C1=CC2=CC(c3ccncc3)=C3C=C(C(C)(C)C)C=C4C=C(c5ccncc5)C(=C1)[C@@]2(C)[C@]43C. The maximum atomic E-state index is 4.33. The summed E-state index contributed by atoms with van der Waals surface area (Å²) in [4.78, 5) is 8.66. The lowest BCUT2D eigenvalue weighted by Gasteiger charge is -2.59. The van der Waals surface area contributed by atoms with Crippen molar-refractivity contribution in [1.29, 1.82) is 0 Å². The summed E-state index contributed by atoms with van der Waals surface area (Å²) < 4.78 is 0. The van der Waals surface area contributed by atoms with E-state index in [-0.39, 0.29) is 21.7 Å². The van der Waals surface area contributed by atoms with E-state index in [9.17, 15) is 0 Å². The molecule has 0 N–H and O–H groups in total. The minimum Gasteiger partial charge on any atom is -0.265 e. The Labute approximate surface area is 228 Å². The van der Waals surface area contributed by atoms with Crippen LogP contribution in [-0.2, 0) is 0 Å². The van der Waals surface area contributed by atoms with Crippen molar-refractivity contribution >= 4 is 11.1 Å². The van der Waals surface area contributed by atoms with Gasteiger partial charge in [0.05, 0.1) is 0 Å². The van der Waals surface area contributed by atoms with Gasteiger partial charge >= 0.3 is 0 Å². The summed E-state index contributed by atoms with van der Waals surface area (Å²) in [5.41, 5.74) is 13.0. The topological polar surface area (TPSA) is 25.8 Å². The van der Waals surface area contributed by atoms with Crippen molar-refractivity contribution < 1.29 is 0 Å². The summed E-state index contributed by atoms with van der Waals surface area (Å²) in [5.74, 6) is 0. The van der Waals surface area contributed by atoms with Crippen LogP contribution in [0.2, 0.25) is 0 Å². The van der Waals surface area contributed by atoms with Crippen molar-refractivity contribution in [2.75, 3.05) is 0 Å². The number of rotatable bonds is 2. The number of pyridine rings is 2. The predicted octanol–water partition coefficient (Wildman–Crippen LogP) is 9.11. The van der Waals surface area contributed by atoms with Gasteiger partial charge in [-0.1, -0.05) is 79.7 Å².